The summed E-state index contributed by atoms with van der Waals surface area (Å²) in [5.41, 5.74) is -0.759. The van der Waals surface area contributed by atoms with Crippen LogP contribution in [0.25, 0.3) is 0 Å². The molecule has 5 nitrogen and oxygen atoms in total. The van der Waals surface area contributed by atoms with Crippen molar-refractivity contribution in [3.8, 4) is 0 Å². The first-order valence-electron chi connectivity index (χ1n) is 16.7. The number of rotatable bonds is 26. The fourth-order valence-electron chi connectivity index (χ4n) is 5.93. The highest BCUT2D eigenvalue weighted by molar-refractivity contribution is 6.06. The first kappa shape index (κ1) is 34.9. The molecule has 1 saturated heterocycles. The molecule has 1 heterocycles. The summed E-state index contributed by atoms with van der Waals surface area (Å²) in [6.45, 7) is 13.0. The number of urea groups is 1. The van der Waals surface area contributed by atoms with Crippen LogP contribution >= 0.6 is 0 Å². The van der Waals surface area contributed by atoms with Crippen LogP contribution in [-0.2, 0) is 4.79 Å². The fraction of sp³-hybridized carbons (Fsp3) is 0.939. The van der Waals surface area contributed by atoms with E-state index in [1.807, 2.05) is 6.92 Å². The molecule has 0 aromatic rings. The summed E-state index contributed by atoms with van der Waals surface area (Å²) in [4.78, 5) is 29.8. The van der Waals surface area contributed by atoms with Gasteiger partial charge in [0.05, 0.1) is 6.67 Å². The molecule has 0 spiro atoms. The molecular formula is C33H65N3O2. The Kier molecular flexibility index (Phi) is 19.9. The third-order valence-electron chi connectivity index (χ3n) is 8.16. The molecule has 38 heavy (non-hydrogen) atoms. The van der Waals surface area contributed by atoms with Gasteiger partial charge in [-0.25, -0.2) is 9.69 Å². The number of hydrogen-bond acceptors (Lipinski definition) is 3. The van der Waals surface area contributed by atoms with Crippen LogP contribution in [-0.4, -0.2) is 47.0 Å². The lowest BCUT2D eigenvalue weighted by Gasteiger charge is -2.28. The number of carbonyl (C=O) groups excluding carboxylic acids is 2. The van der Waals surface area contributed by atoms with Crippen molar-refractivity contribution in [1.29, 1.82) is 0 Å². The summed E-state index contributed by atoms with van der Waals surface area (Å²) in [5, 5.41) is 2.99. The first-order valence-corrected chi connectivity index (χ1v) is 16.7. The van der Waals surface area contributed by atoms with Gasteiger partial charge in [0.1, 0.15) is 5.54 Å². The average Bonchev–Trinajstić information content (AvgIpc) is 3.07. The number of imide groups is 1. The molecule has 1 fully saturated rings. The van der Waals surface area contributed by atoms with E-state index in [-0.39, 0.29) is 11.9 Å². The van der Waals surface area contributed by atoms with E-state index in [2.05, 4.69) is 37.9 Å². The largest absolute Gasteiger partial charge is 0.326 e. The smallest absolute Gasteiger partial charge is 0.323 e. The van der Waals surface area contributed by atoms with Gasteiger partial charge in [-0.3, -0.25) is 9.69 Å². The average molecular weight is 536 g/mol. The summed E-state index contributed by atoms with van der Waals surface area (Å²) in [6, 6.07) is -0.214. The topological polar surface area (TPSA) is 52.6 Å². The minimum absolute atomic E-state index is 0.0488. The van der Waals surface area contributed by atoms with Crippen LogP contribution < -0.4 is 5.32 Å². The van der Waals surface area contributed by atoms with Crippen molar-refractivity contribution in [2.75, 3.05) is 19.8 Å². The predicted molar refractivity (Wildman–Crippen MR) is 163 cm³/mol. The predicted octanol–water partition coefficient (Wildman–Crippen LogP) is 9.44. The molecule has 1 atom stereocenters. The third-order valence-corrected chi connectivity index (χ3v) is 8.16. The maximum absolute atomic E-state index is 13.2. The van der Waals surface area contributed by atoms with Crippen molar-refractivity contribution in [1.82, 2.24) is 15.1 Å². The summed E-state index contributed by atoms with van der Waals surface area (Å²) in [6.07, 6.45) is 27.2. The van der Waals surface area contributed by atoms with Gasteiger partial charge in [0.15, 0.2) is 0 Å². The number of nitrogens with one attached hydrogen (secondary N) is 1. The molecule has 5 heteroatoms. The van der Waals surface area contributed by atoms with Crippen molar-refractivity contribution in [3.05, 3.63) is 0 Å². The SMILES string of the molecule is CCCCCCCCCCCCN(CCCCCCCCCCCC)CN1C(=O)NC(C)(CC(C)C)C1=O. The zero-order valence-corrected chi connectivity index (χ0v) is 26.3. The molecule has 1 rings (SSSR count). The lowest BCUT2D eigenvalue weighted by atomic mass is 9.91. The zero-order valence-electron chi connectivity index (χ0n) is 26.3. The quantitative estimate of drug-likeness (QED) is 0.0886. The standard InChI is InChI=1S/C33H65N3O2/c1-6-8-10-12-14-16-18-20-22-24-26-35(27-25-23-21-19-17-15-13-11-9-7-2)29-36-31(37)33(5,28-30(3)4)34-32(36)38/h30H,6-29H2,1-5H3,(H,34,38). The van der Waals surface area contributed by atoms with Crippen molar-refractivity contribution in [2.24, 2.45) is 5.92 Å². The summed E-state index contributed by atoms with van der Waals surface area (Å²) < 4.78 is 0. The van der Waals surface area contributed by atoms with Crippen LogP contribution in [0.1, 0.15) is 169 Å². The van der Waals surface area contributed by atoms with Crippen molar-refractivity contribution < 1.29 is 9.59 Å². The molecular weight excluding hydrogens is 470 g/mol. The Bertz CT molecular complexity index is 585. The Morgan fingerprint density at radius 2 is 1.03 bits per heavy atom. The molecule has 224 valence electrons. The van der Waals surface area contributed by atoms with E-state index in [4.69, 9.17) is 0 Å². The monoisotopic (exact) mass is 536 g/mol. The summed E-state index contributed by atoms with van der Waals surface area (Å²) >= 11 is 0. The van der Waals surface area contributed by atoms with Gasteiger partial charge in [-0.05, 0) is 45.2 Å². The van der Waals surface area contributed by atoms with E-state index in [0.29, 0.717) is 19.0 Å². The number of nitrogens with zero attached hydrogens (tertiary/aromatic N) is 2. The van der Waals surface area contributed by atoms with Crippen LogP contribution in [0, 0.1) is 5.92 Å². The zero-order chi connectivity index (χ0) is 28.1. The normalized spacial score (nSPS) is 17.8. The van der Waals surface area contributed by atoms with Crippen LogP contribution in [0.3, 0.4) is 0 Å². The second kappa shape index (κ2) is 21.7. The molecule has 1 aliphatic rings. The number of hydrogen-bond donors (Lipinski definition) is 1. The van der Waals surface area contributed by atoms with Crippen molar-refractivity contribution in [3.63, 3.8) is 0 Å². The Balaban J connectivity index is 2.42. The molecule has 0 bridgehead atoms. The van der Waals surface area contributed by atoms with Gasteiger partial charge in [0, 0.05) is 0 Å². The minimum Gasteiger partial charge on any atom is -0.323 e. The van der Waals surface area contributed by atoms with Gasteiger partial charge in [-0.15, -0.1) is 0 Å². The van der Waals surface area contributed by atoms with Crippen LogP contribution in [0.5, 0.6) is 0 Å². The molecule has 1 N–H and O–H groups in total. The van der Waals surface area contributed by atoms with E-state index in [9.17, 15) is 9.59 Å². The fourth-order valence-corrected chi connectivity index (χ4v) is 5.93. The van der Waals surface area contributed by atoms with E-state index in [1.54, 1.807) is 0 Å². The molecule has 0 aromatic carbocycles. The lowest BCUT2D eigenvalue weighted by molar-refractivity contribution is -0.132. The Labute approximate surface area is 237 Å². The molecule has 1 unspecified atom stereocenters. The maximum atomic E-state index is 13.2. The van der Waals surface area contributed by atoms with Gasteiger partial charge < -0.3 is 5.32 Å². The van der Waals surface area contributed by atoms with Gasteiger partial charge in [0.25, 0.3) is 5.91 Å². The first-order chi connectivity index (χ1) is 18.3. The second-order valence-electron chi connectivity index (χ2n) is 12.7. The highest BCUT2D eigenvalue weighted by Gasteiger charge is 2.48. The number of unbranched alkanes of at least 4 members (excludes halogenated alkanes) is 18. The molecule has 0 radical (unpaired) electrons. The third kappa shape index (κ3) is 15.5. The Hall–Kier alpha value is -1.10. The summed E-state index contributed by atoms with van der Waals surface area (Å²) in [7, 11) is 0. The molecule has 0 aliphatic carbocycles. The minimum atomic E-state index is -0.759. The highest BCUT2D eigenvalue weighted by atomic mass is 16.2. The number of amides is 3. The van der Waals surface area contributed by atoms with Gasteiger partial charge >= 0.3 is 6.03 Å². The molecule has 3 amide bonds. The maximum Gasteiger partial charge on any atom is 0.326 e. The molecule has 0 saturated carbocycles. The Morgan fingerprint density at radius 1 is 0.658 bits per heavy atom. The van der Waals surface area contributed by atoms with Crippen LogP contribution in [0.15, 0.2) is 0 Å². The van der Waals surface area contributed by atoms with E-state index >= 15 is 0 Å². The summed E-state index contributed by atoms with van der Waals surface area (Å²) in [5.74, 6) is 0.311. The second-order valence-corrected chi connectivity index (χ2v) is 12.7. The Morgan fingerprint density at radius 3 is 1.39 bits per heavy atom. The van der Waals surface area contributed by atoms with Crippen molar-refractivity contribution in [2.45, 2.75) is 175 Å². The molecule has 1 aliphatic heterocycles. The van der Waals surface area contributed by atoms with Crippen LogP contribution in [0.2, 0.25) is 0 Å². The molecule has 0 aromatic heterocycles. The number of carbonyl (C=O) groups is 2. The highest BCUT2D eigenvalue weighted by Crippen LogP contribution is 2.25. The van der Waals surface area contributed by atoms with Crippen LogP contribution in [0.4, 0.5) is 4.79 Å². The van der Waals surface area contributed by atoms with Crippen molar-refractivity contribution >= 4 is 11.9 Å². The van der Waals surface area contributed by atoms with Gasteiger partial charge in [-0.1, -0.05) is 143 Å². The van der Waals surface area contributed by atoms with Gasteiger partial charge in [0.2, 0.25) is 0 Å². The van der Waals surface area contributed by atoms with E-state index in [1.165, 1.54) is 120 Å². The van der Waals surface area contributed by atoms with E-state index < -0.39 is 5.54 Å². The van der Waals surface area contributed by atoms with Gasteiger partial charge in [-0.2, -0.15) is 0 Å². The van der Waals surface area contributed by atoms with E-state index in [0.717, 1.165) is 25.9 Å². The lowest BCUT2D eigenvalue weighted by Crippen LogP contribution is -2.46.